The van der Waals surface area contributed by atoms with Crippen LogP contribution in [0.2, 0.25) is 0 Å². The van der Waals surface area contributed by atoms with Crippen LogP contribution in [0.15, 0.2) is 49.1 Å². The lowest BCUT2D eigenvalue weighted by Crippen LogP contribution is -2.49. The molecule has 214 valence electrons. The number of hydrogen-bond donors (Lipinski definition) is 1. The van der Waals surface area contributed by atoms with Gasteiger partial charge in [0, 0.05) is 73.9 Å². The molecule has 3 aromatic rings. The first-order chi connectivity index (χ1) is 20.1. The van der Waals surface area contributed by atoms with Crippen molar-refractivity contribution in [2.24, 2.45) is 5.92 Å². The predicted octanol–water partition coefficient (Wildman–Crippen LogP) is 3.60. The van der Waals surface area contributed by atoms with Gasteiger partial charge in [0.25, 0.3) is 0 Å². The minimum absolute atomic E-state index is 0.0239. The van der Waals surface area contributed by atoms with E-state index in [1.54, 1.807) is 0 Å². The van der Waals surface area contributed by atoms with Crippen LogP contribution in [0.25, 0.3) is 10.8 Å². The number of carbonyl (C=O) groups excluding carboxylic acids is 1. The van der Waals surface area contributed by atoms with Crippen molar-refractivity contribution in [1.82, 2.24) is 19.8 Å². The number of nitrogens with zero attached hydrogens (tertiary/aromatic N) is 6. The Bertz CT molecular complexity index is 1470. The number of ether oxygens (including phenoxy) is 1. The zero-order valence-electron chi connectivity index (χ0n) is 23.5. The number of anilines is 2. The molecule has 1 atom stereocenters. The van der Waals surface area contributed by atoms with E-state index in [1.807, 2.05) is 35.2 Å². The van der Waals surface area contributed by atoms with Gasteiger partial charge in [0.05, 0.1) is 18.8 Å². The summed E-state index contributed by atoms with van der Waals surface area (Å²) in [5.74, 6) is 1.68. The third-order valence-corrected chi connectivity index (χ3v) is 9.08. The second-order valence-corrected chi connectivity index (χ2v) is 11.8. The summed E-state index contributed by atoms with van der Waals surface area (Å²) in [6.45, 7) is 10.6. The zero-order valence-corrected chi connectivity index (χ0v) is 23.5. The molecule has 1 aliphatic carbocycles. The fourth-order valence-electron chi connectivity index (χ4n) is 6.69. The second-order valence-electron chi connectivity index (χ2n) is 11.8. The molecule has 1 aromatic heterocycles. The number of fused-ring (bicyclic) bond motifs is 2. The van der Waals surface area contributed by atoms with Crippen LogP contribution in [0.5, 0.6) is 11.8 Å². The van der Waals surface area contributed by atoms with Crippen LogP contribution in [0.4, 0.5) is 11.5 Å². The van der Waals surface area contributed by atoms with E-state index in [4.69, 9.17) is 14.7 Å². The highest BCUT2D eigenvalue weighted by atomic mass is 16.5. The molecule has 0 spiro atoms. The Kier molecular flexibility index (Phi) is 6.90. The van der Waals surface area contributed by atoms with E-state index in [1.165, 1.54) is 18.9 Å². The maximum Gasteiger partial charge on any atom is 0.318 e. The van der Waals surface area contributed by atoms with Gasteiger partial charge < -0.3 is 24.5 Å². The molecule has 4 heterocycles. The molecular formula is C32H38N6O3. The van der Waals surface area contributed by atoms with Crippen LogP contribution in [-0.4, -0.2) is 89.2 Å². The SMILES string of the molecule is C=CC(=O)N1CCN(c2nc(OCC3CCN(C4CC4)C3)nc3c2CCN(c2cc(O)cc4ccccc24)C3)CC1. The number of likely N-dealkylation sites (tertiary alicyclic amines) is 1. The van der Waals surface area contributed by atoms with Gasteiger partial charge >= 0.3 is 6.01 Å². The molecule has 0 radical (unpaired) electrons. The van der Waals surface area contributed by atoms with Crippen LogP contribution in [-0.2, 0) is 17.8 Å². The molecule has 3 fully saturated rings. The van der Waals surface area contributed by atoms with E-state index >= 15 is 0 Å². The lowest BCUT2D eigenvalue weighted by Gasteiger charge is -2.38. The molecular weight excluding hydrogens is 516 g/mol. The molecule has 4 aliphatic rings. The average molecular weight is 555 g/mol. The number of rotatable bonds is 7. The molecule has 1 saturated carbocycles. The van der Waals surface area contributed by atoms with Gasteiger partial charge in [0.15, 0.2) is 0 Å². The number of carbonyl (C=O) groups is 1. The van der Waals surface area contributed by atoms with Gasteiger partial charge in [0.1, 0.15) is 11.6 Å². The number of hydrogen-bond acceptors (Lipinski definition) is 8. The third-order valence-electron chi connectivity index (χ3n) is 9.08. The summed E-state index contributed by atoms with van der Waals surface area (Å²) in [7, 11) is 0. The van der Waals surface area contributed by atoms with Gasteiger partial charge in [-0.3, -0.25) is 9.69 Å². The summed E-state index contributed by atoms with van der Waals surface area (Å²) in [4.78, 5) is 31.2. The van der Waals surface area contributed by atoms with Crippen molar-refractivity contribution in [3.63, 3.8) is 0 Å². The van der Waals surface area contributed by atoms with E-state index in [9.17, 15) is 9.90 Å². The molecule has 1 N–H and O–H groups in total. The van der Waals surface area contributed by atoms with Gasteiger partial charge in [-0.05, 0) is 49.8 Å². The van der Waals surface area contributed by atoms with Gasteiger partial charge in [0.2, 0.25) is 5.91 Å². The minimum Gasteiger partial charge on any atom is -0.508 e. The van der Waals surface area contributed by atoms with Crippen LogP contribution in [0, 0.1) is 5.92 Å². The van der Waals surface area contributed by atoms with Crippen molar-refractivity contribution in [2.75, 3.05) is 62.2 Å². The van der Waals surface area contributed by atoms with Crippen LogP contribution in [0.3, 0.4) is 0 Å². The minimum atomic E-state index is -0.0239. The predicted molar refractivity (Wildman–Crippen MR) is 160 cm³/mol. The molecule has 7 rings (SSSR count). The lowest BCUT2D eigenvalue weighted by molar-refractivity contribution is -0.126. The Labute approximate surface area is 241 Å². The Morgan fingerprint density at radius 2 is 1.85 bits per heavy atom. The van der Waals surface area contributed by atoms with E-state index in [0.717, 1.165) is 72.1 Å². The number of aromatic hydroxyl groups is 1. The quantitative estimate of drug-likeness (QED) is 0.444. The molecule has 9 nitrogen and oxygen atoms in total. The lowest BCUT2D eigenvalue weighted by atomic mass is 10.0. The Morgan fingerprint density at radius 3 is 2.66 bits per heavy atom. The first-order valence-electron chi connectivity index (χ1n) is 15.0. The number of aromatic nitrogens is 2. The van der Waals surface area contributed by atoms with E-state index in [-0.39, 0.29) is 11.7 Å². The highest BCUT2D eigenvalue weighted by Crippen LogP contribution is 2.37. The molecule has 9 heteroatoms. The van der Waals surface area contributed by atoms with Gasteiger partial charge in [-0.1, -0.05) is 30.8 Å². The van der Waals surface area contributed by atoms with Crippen LogP contribution >= 0.6 is 0 Å². The third kappa shape index (κ3) is 5.30. The van der Waals surface area contributed by atoms with Crippen molar-refractivity contribution < 1.29 is 14.6 Å². The maximum absolute atomic E-state index is 12.2. The summed E-state index contributed by atoms with van der Waals surface area (Å²) >= 11 is 0. The summed E-state index contributed by atoms with van der Waals surface area (Å²) in [6, 6.07) is 13.1. The molecule has 1 unspecified atom stereocenters. The molecule has 41 heavy (non-hydrogen) atoms. The monoisotopic (exact) mass is 554 g/mol. The number of piperazine rings is 1. The van der Waals surface area contributed by atoms with Crippen molar-refractivity contribution in [2.45, 2.75) is 38.3 Å². The number of phenols is 1. The second kappa shape index (κ2) is 10.9. The molecule has 0 bridgehead atoms. The highest BCUT2D eigenvalue weighted by Gasteiger charge is 2.35. The van der Waals surface area contributed by atoms with Crippen LogP contribution < -0.4 is 14.5 Å². The topological polar surface area (TPSA) is 85.3 Å². The number of benzene rings is 2. The molecule has 1 amide bonds. The summed E-state index contributed by atoms with van der Waals surface area (Å²) in [5, 5.41) is 12.6. The van der Waals surface area contributed by atoms with Crippen molar-refractivity contribution in [3.05, 3.63) is 60.3 Å². The maximum atomic E-state index is 12.2. The van der Waals surface area contributed by atoms with Crippen LogP contribution in [0.1, 0.15) is 30.5 Å². The van der Waals surface area contributed by atoms with Crippen molar-refractivity contribution in [3.8, 4) is 11.8 Å². The Balaban J connectivity index is 1.16. The fraction of sp³-hybridized carbons (Fsp3) is 0.469. The van der Waals surface area contributed by atoms with Gasteiger partial charge in [-0.15, -0.1) is 0 Å². The smallest absolute Gasteiger partial charge is 0.318 e. The Morgan fingerprint density at radius 1 is 1.02 bits per heavy atom. The van der Waals surface area contributed by atoms with Gasteiger partial charge in [-0.25, -0.2) is 0 Å². The van der Waals surface area contributed by atoms with E-state index in [0.29, 0.717) is 51.3 Å². The number of phenolic OH excluding ortho intramolecular Hbond substituents is 1. The average Bonchev–Trinajstić information content (AvgIpc) is 3.75. The van der Waals surface area contributed by atoms with E-state index < -0.39 is 0 Å². The standard InChI is InChI=1S/C32H38N6O3/c1-2-30(40)35-13-15-36(16-14-35)31-27-10-12-38(29-18-25(39)17-23-5-3-4-6-26(23)29)20-28(27)33-32(34-31)41-21-22-9-11-37(19-22)24-7-8-24/h2-6,17-18,22,24,39H,1,7-16,19-21H2. The van der Waals surface area contributed by atoms with E-state index in [2.05, 4.69) is 27.3 Å². The highest BCUT2D eigenvalue weighted by molar-refractivity contribution is 5.95. The molecule has 2 aromatic carbocycles. The number of amides is 1. The fourth-order valence-corrected chi connectivity index (χ4v) is 6.69. The first kappa shape index (κ1) is 26.1. The largest absolute Gasteiger partial charge is 0.508 e. The summed E-state index contributed by atoms with van der Waals surface area (Å²) in [6.07, 6.45) is 6.01. The van der Waals surface area contributed by atoms with Gasteiger partial charge in [-0.2, -0.15) is 9.97 Å². The summed E-state index contributed by atoms with van der Waals surface area (Å²) in [5.41, 5.74) is 3.14. The molecule has 3 aliphatic heterocycles. The zero-order chi connectivity index (χ0) is 27.9. The molecule has 2 saturated heterocycles. The van der Waals surface area contributed by atoms with Crippen molar-refractivity contribution in [1.29, 1.82) is 0 Å². The Hall–Kier alpha value is -3.85. The summed E-state index contributed by atoms with van der Waals surface area (Å²) < 4.78 is 6.33. The normalized spacial score (nSPS) is 21.3. The van der Waals surface area contributed by atoms with Crippen molar-refractivity contribution >= 4 is 28.2 Å². The first-order valence-corrected chi connectivity index (χ1v) is 15.0.